The van der Waals surface area contributed by atoms with Crippen molar-refractivity contribution in [3.63, 3.8) is 0 Å². The average Bonchev–Trinajstić information content (AvgIpc) is 2.39. The Hall–Kier alpha value is -1.45. The molecule has 0 aliphatic heterocycles. The predicted molar refractivity (Wildman–Crippen MR) is 73.6 cm³/mol. The third-order valence-electron chi connectivity index (χ3n) is 2.76. The Morgan fingerprint density at radius 1 is 1.28 bits per heavy atom. The van der Waals surface area contributed by atoms with E-state index in [-0.39, 0.29) is 6.04 Å². The van der Waals surface area contributed by atoms with E-state index in [1.807, 2.05) is 30.6 Å². The van der Waals surface area contributed by atoms with Gasteiger partial charge in [0.2, 0.25) is 0 Å². The van der Waals surface area contributed by atoms with Crippen molar-refractivity contribution in [1.82, 2.24) is 15.3 Å². The molecular weight excluding hydrogens is 246 g/mol. The van der Waals surface area contributed by atoms with Gasteiger partial charge in [-0.15, -0.1) is 0 Å². The van der Waals surface area contributed by atoms with E-state index in [0.717, 1.165) is 23.6 Å². The molecule has 0 amide bonds. The van der Waals surface area contributed by atoms with Crippen molar-refractivity contribution in [2.75, 3.05) is 6.54 Å². The SMILES string of the molecule is CCNC(Cc1cccc(Cl)c1)c1cncnc1. The summed E-state index contributed by atoms with van der Waals surface area (Å²) in [6.45, 7) is 2.99. The van der Waals surface area contributed by atoms with Crippen LogP contribution < -0.4 is 5.32 Å². The van der Waals surface area contributed by atoms with Crippen LogP contribution >= 0.6 is 11.6 Å². The predicted octanol–water partition coefficient (Wildman–Crippen LogP) is 3.02. The van der Waals surface area contributed by atoms with Gasteiger partial charge in [0, 0.05) is 29.0 Å². The average molecular weight is 262 g/mol. The fraction of sp³-hybridized carbons (Fsp3) is 0.286. The van der Waals surface area contributed by atoms with E-state index in [9.17, 15) is 0 Å². The molecule has 1 atom stereocenters. The van der Waals surface area contributed by atoms with Gasteiger partial charge in [0.25, 0.3) is 0 Å². The highest BCUT2D eigenvalue weighted by Gasteiger charge is 2.11. The molecule has 1 unspecified atom stereocenters. The topological polar surface area (TPSA) is 37.8 Å². The molecule has 4 heteroatoms. The van der Waals surface area contributed by atoms with E-state index in [1.54, 1.807) is 6.33 Å². The van der Waals surface area contributed by atoms with Crippen molar-refractivity contribution in [2.45, 2.75) is 19.4 Å². The van der Waals surface area contributed by atoms with Crippen LogP contribution in [-0.2, 0) is 6.42 Å². The van der Waals surface area contributed by atoms with Crippen molar-refractivity contribution in [1.29, 1.82) is 0 Å². The first kappa shape index (κ1) is 13.0. The molecule has 18 heavy (non-hydrogen) atoms. The van der Waals surface area contributed by atoms with E-state index in [1.165, 1.54) is 5.56 Å². The smallest absolute Gasteiger partial charge is 0.115 e. The molecule has 94 valence electrons. The number of hydrogen-bond acceptors (Lipinski definition) is 3. The van der Waals surface area contributed by atoms with Gasteiger partial charge >= 0.3 is 0 Å². The molecule has 0 saturated heterocycles. The summed E-state index contributed by atoms with van der Waals surface area (Å²) in [5, 5.41) is 4.21. The molecule has 2 rings (SSSR count). The number of aromatic nitrogens is 2. The van der Waals surface area contributed by atoms with Crippen LogP contribution in [0.15, 0.2) is 43.0 Å². The van der Waals surface area contributed by atoms with Gasteiger partial charge in [0.1, 0.15) is 6.33 Å². The first-order chi connectivity index (χ1) is 8.79. The van der Waals surface area contributed by atoms with Crippen LogP contribution in [0.2, 0.25) is 5.02 Å². The van der Waals surface area contributed by atoms with Gasteiger partial charge in [0.15, 0.2) is 0 Å². The van der Waals surface area contributed by atoms with Crippen molar-refractivity contribution < 1.29 is 0 Å². The van der Waals surface area contributed by atoms with Crippen molar-refractivity contribution >= 4 is 11.6 Å². The highest BCUT2D eigenvalue weighted by Crippen LogP contribution is 2.19. The minimum atomic E-state index is 0.217. The molecule has 0 aliphatic rings. The molecule has 0 saturated carbocycles. The lowest BCUT2D eigenvalue weighted by molar-refractivity contribution is 0.546. The lowest BCUT2D eigenvalue weighted by Crippen LogP contribution is -2.23. The lowest BCUT2D eigenvalue weighted by atomic mass is 10.0. The second-order valence-corrected chi connectivity index (χ2v) is 4.55. The Labute approximate surface area is 112 Å². The zero-order valence-electron chi connectivity index (χ0n) is 10.3. The van der Waals surface area contributed by atoms with Gasteiger partial charge in [-0.25, -0.2) is 9.97 Å². The van der Waals surface area contributed by atoms with Gasteiger partial charge in [-0.1, -0.05) is 30.7 Å². The second-order valence-electron chi connectivity index (χ2n) is 4.12. The fourth-order valence-corrected chi connectivity index (χ4v) is 2.16. The molecule has 1 N–H and O–H groups in total. The molecule has 0 bridgehead atoms. The second kappa shape index (κ2) is 6.47. The first-order valence-electron chi connectivity index (χ1n) is 6.02. The maximum absolute atomic E-state index is 6.01. The van der Waals surface area contributed by atoms with Crippen molar-refractivity contribution in [2.24, 2.45) is 0 Å². The van der Waals surface area contributed by atoms with Crippen LogP contribution in [0.25, 0.3) is 0 Å². The van der Waals surface area contributed by atoms with Gasteiger partial charge in [-0.3, -0.25) is 0 Å². The standard InChI is InChI=1S/C14H16ClN3/c1-2-18-14(12-8-16-10-17-9-12)7-11-4-3-5-13(15)6-11/h3-6,8-10,14,18H,2,7H2,1H3. The molecule has 0 aliphatic carbocycles. The normalized spacial score (nSPS) is 12.3. The van der Waals surface area contributed by atoms with Crippen LogP contribution in [-0.4, -0.2) is 16.5 Å². The van der Waals surface area contributed by atoms with E-state index < -0.39 is 0 Å². The van der Waals surface area contributed by atoms with Gasteiger partial charge in [0.05, 0.1) is 0 Å². The van der Waals surface area contributed by atoms with Gasteiger partial charge in [-0.05, 0) is 30.7 Å². The van der Waals surface area contributed by atoms with Crippen molar-refractivity contribution in [3.8, 4) is 0 Å². The lowest BCUT2D eigenvalue weighted by Gasteiger charge is -2.17. The number of rotatable bonds is 5. The summed E-state index contributed by atoms with van der Waals surface area (Å²) in [5.74, 6) is 0. The quantitative estimate of drug-likeness (QED) is 0.899. The maximum Gasteiger partial charge on any atom is 0.115 e. The molecule has 0 radical (unpaired) electrons. The Balaban J connectivity index is 2.16. The Kier molecular flexibility index (Phi) is 4.67. The number of hydrogen-bond donors (Lipinski definition) is 1. The Morgan fingerprint density at radius 3 is 2.72 bits per heavy atom. The van der Waals surface area contributed by atoms with Crippen LogP contribution in [0, 0.1) is 0 Å². The van der Waals surface area contributed by atoms with Crippen LogP contribution in [0.3, 0.4) is 0 Å². The first-order valence-corrected chi connectivity index (χ1v) is 6.40. The minimum Gasteiger partial charge on any atom is -0.310 e. The molecular formula is C14H16ClN3. The molecule has 2 aromatic rings. The van der Waals surface area contributed by atoms with E-state index >= 15 is 0 Å². The summed E-state index contributed by atoms with van der Waals surface area (Å²) < 4.78 is 0. The van der Waals surface area contributed by atoms with E-state index in [2.05, 4.69) is 28.3 Å². The third-order valence-corrected chi connectivity index (χ3v) is 3.00. The monoisotopic (exact) mass is 261 g/mol. The highest BCUT2D eigenvalue weighted by atomic mass is 35.5. The number of likely N-dealkylation sites (N-methyl/N-ethyl adjacent to an activating group) is 1. The minimum absolute atomic E-state index is 0.217. The summed E-state index contributed by atoms with van der Waals surface area (Å²) in [5.41, 5.74) is 2.30. The van der Waals surface area contributed by atoms with Gasteiger partial charge < -0.3 is 5.32 Å². The van der Waals surface area contributed by atoms with E-state index in [4.69, 9.17) is 11.6 Å². The highest BCUT2D eigenvalue weighted by molar-refractivity contribution is 6.30. The molecule has 1 heterocycles. The summed E-state index contributed by atoms with van der Waals surface area (Å²) in [4.78, 5) is 8.14. The molecule has 3 nitrogen and oxygen atoms in total. The molecule has 0 fully saturated rings. The summed E-state index contributed by atoms with van der Waals surface area (Å²) >= 11 is 6.01. The fourth-order valence-electron chi connectivity index (χ4n) is 1.94. The van der Waals surface area contributed by atoms with E-state index in [0.29, 0.717) is 0 Å². The number of benzene rings is 1. The molecule has 1 aromatic carbocycles. The molecule has 0 spiro atoms. The van der Waals surface area contributed by atoms with Crippen LogP contribution in [0.1, 0.15) is 24.1 Å². The van der Waals surface area contributed by atoms with Crippen LogP contribution in [0.4, 0.5) is 0 Å². The number of nitrogens with one attached hydrogen (secondary N) is 1. The Morgan fingerprint density at radius 2 is 2.06 bits per heavy atom. The number of nitrogens with zero attached hydrogens (tertiary/aromatic N) is 2. The summed E-state index contributed by atoms with van der Waals surface area (Å²) in [7, 11) is 0. The van der Waals surface area contributed by atoms with Crippen LogP contribution in [0.5, 0.6) is 0 Å². The van der Waals surface area contributed by atoms with Crippen molar-refractivity contribution in [3.05, 3.63) is 59.1 Å². The van der Waals surface area contributed by atoms with Gasteiger partial charge in [-0.2, -0.15) is 0 Å². The maximum atomic E-state index is 6.01. The zero-order chi connectivity index (χ0) is 12.8. The number of halogens is 1. The third kappa shape index (κ3) is 3.52. The molecule has 1 aromatic heterocycles. The zero-order valence-corrected chi connectivity index (χ0v) is 11.1. The summed E-state index contributed by atoms with van der Waals surface area (Å²) in [6.07, 6.45) is 6.13. The largest absolute Gasteiger partial charge is 0.310 e. The Bertz CT molecular complexity index is 487. The summed E-state index contributed by atoms with van der Waals surface area (Å²) in [6, 6.07) is 8.16.